The lowest BCUT2D eigenvalue weighted by molar-refractivity contribution is -0.385. The van der Waals surface area contributed by atoms with Gasteiger partial charge in [0, 0.05) is 29.5 Å². The van der Waals surface area contributed by atoms with Crippen LogP contribution in [-0.4, -0.2) is 38.8 Å². The second-order valence-electron chi connectivity index (χ2n) is 7.96. The molecular weight excluding hydrogens is 518 g/mol. The molecule has 0 fully saturated rings. The lowest BCUT2D eigenvalue weighted by atomic mass is 10.1. The first kappa shape index (κ1) is 26.1. The van der Waals surface area contributed by atoms with Crippen molar-refractivity contribution in [2.24, 2.45) is 5.73 Å². The van der Waals surface area contributed by atoms with Crippen molar-refractivity contribution in [2.75, 3.05) is 12.3 Å². The fourth-order valence-corrected chi connectivity index (χ4v) is 5.18. The maximum atomic E-state index is 13.8. The minimum absolute atomic E-state index is 0.0493. The summed E-state index contributed by atoms with van der Waals surface area (Å²) in [5.74, 6) is -2.61. The third-order valence-corrected chi connectivity index (χ3v) is 6.95. The summed E-state index contributed by atoms with van der Waals surface area (Å²) in [7, 11) is 0. The molecule has 0 spiro atoms. The molecule has 13 nitrogen and oxygen atoms in total. The Balaban J connectivity index is 2.07. The highest BCUT2D eigenvalue weighted by atomic mass is 32.2. The van der Waals surface area contributed by atoms with Gasteiger partial charge in [-0.05, 0) is 24.1 Å². The van der Waals surface area contributed by atoms with Crippen molar-refractivity contribution >= 4 is 57.6 Å². The third-order valence-electron chi connectivity index (χ3n) is 5.61. The molecule has 14 heteroatoms. The molecular formula is C24H19N5O8S. The maximum absolute atomic E-state index is 13.8. The number of esters is 1. The molecule has 4 N–H and O–H groups in total. The van der Waals surface area contributed by atoms with Crippen LogP contribution in [0, 0.1) is 20.2 Å². The average molecular weight is 538 g/mol. The van der Waals surface area contributed by atoms with Crippen LogP contribution in [0.25, 0.3) is 11.0 Å². The number of benzene rings is 2. The molecule has 1 aliphatic rings. The Morgan fingerprint density at radius 1 is 1.11 bits per heavy atom. The highest BCUT2D eigenvalue weighted by molar-refractivity contribution is 8.10. The van der Waals surface area contributed by atoms with Crippen LogP contribution in [0.2, 0.25) is 0 Å². The predicted molar refractivity (Wildman–Crippen MR) is 137 cm³/mol. The number of aromatic nitrogens is 1. The Hall–Kier alpha value is -4.98. The summed E-state index contributed by atoms with van der Waals surface area (Å²) < 4.78 is 6.04. The number of primary amides is 1. The number of carbonyl (C=O) groups is 3. The zero-order valence-electron chi connectivity index (χ0n) is 19.7. The zero-order chi connectivity index (χ0) is 27.7. The van der Waals surface area contributed by atoms with E-state index in [9.17, 15) is 34.6 Å². The molecule has 1 unspecified atom stereocenters. The third kappa shape index (κ3) is 4.59. The van der Waals surface area contributed by atoms with Crippen molar-refractivity contribution in [1.82, 2.24) is 4.57 Å². The van der Waals surface area contributed by atoms with Gasteiger partial charge in [0.15, 0.2) is 5.69 Å². The van der Waals surface area contributed by atoms with Gasteiger partial charge in [-0.25, -0.2) is 4.79 Å². The molecule has 38 heavy (non-hydrogen) atoms. The second-order valence-corrected chi connectivity index (χ2v) is 9.07. The van der Waals surface area contributed by atoms with Gasteiger partial charge in [-0.1, -0.05) is 36.0 Å². The first-order chi connectivity index (χ1) is 18.0. The smallest absolute Gasteiger partial charge is 0.357 e. The highest BCUT2D eigenvalue weighted by Crippen LogP contribution is 2.40. The van der Waals surface area contributed by atoms with Crippen LogP contribution in [-0.2, 0) is 9.53 Å². The van der Waals surface area contributed by atoms with E-state index < -0.39 is 32.9 Å². The number of nitrogen functional groups attached to an aromatic ring is 1. The number of nitrogens with zero attached hydrogens (tertiary/aromatic N) is 3. The summed E-state index contributed by atoms with van der Waals surface area (Å²) in [4.78, 5) is 60.5. The van der Waals surface area contributed by atoms with E-state index in [0.29, 0.717) is 5.56 Å². The lowest BCUT2D eigenvalue weighted by Gasteiger charge is -2.23. The van der Waals surface area contributed by atoms with Crippen molar-refractivity contribution in [3.8, 4) is 0 Å². The number of nitro groups is 2. The molecule has 0 radical (unpaired) electrons. The van der Waals surface area contributed by atoms with Gasteiger partial charge in [0.25, 0.3) is 17.3 Å². The van der Waals surface area contributed by atoms with E-state index in [1.54, 1.807) is 6.92 Å². The zero-order valence-corrected chi connectivity index (χ0v) is 20.5. The van der Waals surface area contributed by atoms with Crippen LogP contribution in [0.5, 0.6) is 0 Å². The lowest BCUT2D eigenvalue weighted by Crippen LogP contribution is -2.43. The largest absolute Gasteiger partial charge is 0.461 e. The van der Waals surface area contributed by atoms with Crippen molar-refractivity contribution in [2.45, 2.75) is 12.2 Å². The molecule has 1 aliphatic heterocycles. The number of anilines is 1. The standard InChI is InChI=1S/C24H19N5O8S/c1-2-37-24(32)19-17(25)16(10-12-5-3-7-14(9-12)28(33)34)18-21(22(26)30)38-20(23(31)27(18)19)13-6-4-8-15(11-13)29(35)36/h3-11,20H,2,25H2,1H3,(H2,26,30)/b16-10+. The number of hydrogen-bond donors (Lipinski definition) is 2. The van der Waals surface area contributed by atoms with Gasteiger partial charge in [0.1, 0.15) is 5.25 Å². The van der Waals surface area contributed by atoms with E-state index in [4.69, 9.17) is 16.2 Å². The van der Waals surface area contributed by atoms with Crippen molar-refractivity contribution in [3.63, 3.8) is 0 Å². The Bertz CT molecular complexity index is 1660. The molecule has 0 saturated heterocycles. The molecule has 1 aromatic heterocycles. The summed E-state index contributed by atoms with van der Waals surface area (Å²) in [5.41, 5.74) is 11.4. The molecule has 0 aliphatic carbocycles. The number of ether oxygens (including phenoxy) is 1. The van der Waals surface area contributed by atoms with E-state index in [2.05, 4.69) is 0 Å². The predicted octanol–water partition coefficient (Wildman–Crippen LogP) is 1.61. The van der Waals surface area contributed by atoms with Gasteiger partial charge in [-0.15, -0.1) is 0 Å². The van der Waals surface area contributed by atoms with E-state index in [1.165, 1.54) is 54.6 Å². The number of nitro benzene ring substituents is 2. The second kappa shape index (κ2) is 10.2. The first-order valence-electron chi connectivity index (χ1n) is 11.0. The fourth-order valence-electron chi connectivity index (χ4n) is 4.02. The molecule has 2 heterocycles. The van der Waals surface area contributed by atoms with Crippen LogP contribution in [0.3, 0.4) is 0 Å². The van der Waals surface area contributed by atoms with Crippen LogP contribution < -0.4 is 22.0 Å². The molecule has 1 amide bonds. The highest BCUT2D eigenvalue weighted by Gasteiger charge is 2.37. The van der Waals surface area contributed by atoms with E-state index >= 15 is 0 Å². The monoisotopic (exact) mass is 537 g/mol. The van der Waals surface area contributed by atoms with Crippen LogP contribution in [0.15, 0.2) is 48.5 Å². The van der Waals surface area contributed by atoms with E-state index in [1.807, 2.05) is 0 Å². The number of thioether (sulfide) groups is 1. The van der Waals surface area contributed by atoms with E-state index in [-0.39, 0.29) is 50.4 Å². The minimum Gasteiger partial charge on any atom is -0.461 e. The Morgan fingerprint density at radius 2 is 1.74 bits per heavy atom. The van der Waals surface area contributed by atoms with Gasteiger partial charge in [-0.3, -0.25) is 34.4 Å². The summed E-state index contributed by atoms with van der Waals surface area (Å²) in [6.45, 7) is 1.50. The normalized spacial score (nSPS) is 15.2. The summed E-state index contributed by atoms with van der Waals surface area (Å²) in [6.07, 6.45) is 1.39. The van der Waals surface area contributed by atoms with Gasteiger partial charge in [0.05, 0.1) is 32.4 Å². The summed E-state index contributed by atoms with van der Waals surface area (Å²) in [5, 5.41) is 21.3. The van der Waals surface area contributed by atoms with Crippen LogP contribution >= 0.6 is 11.8 Å². The summed E-state index contributed by atoms with van der Waals surface area (Å²) >= 11 is 0.757. The molecule has 0 saturated carbocycles. The number of non-ortho nitro benzene ring substituents is 2. The number of carbonyl (C=O) groups excluding carboxylic acids is 3. The van der Waals surface area contributed by atoms with Gasteiger partial charge < -0.3 is 16.2 Å². The Morgan fingerprint density at radius 3 is 2.34 bits per heavy atom. The molecule has 194 valence electrons. The molecule has 2 aromatic carbocycles. The van der Waals surface area contributed by atoms with Crippen LogP contribution in [0.4, 0.5) is 17.1 Å². The van der Waals surface area contributed by atoms with Crippen molar-refractivity contribution in [1.29, 1.82) is 0 Å². The number of amides is 1. The van der Waals surface area contributed by atoms with Crippen molar-refractivity contribution < 1.29 is 29.0 Å². The topological polar surface area (TPSA) is 204 Å². The Kier molecular flexibility index (Phi) is 6.99. The number of fused-ring (bicyclic) bond motifs is 1. The number of hydrogen-bond acceptors (Lipinski definition) is 10. The average Bonchev–Trinajstić information content (AvgIpc) is 3.16. The van der Waals surface area contributed by atoms with E-state index in [0.717, 1.165) is 16.3 Å². The van der Waals surface area contributed by atoms with Crippen molar-refractivity contribution in [3.05, 3.63) is 96.1 Å². The first-order valence-corrected chi connectivity index (χ1v) is 11.9. The number of rotatable bonds is 7. The fraction of sp³-hybridized carbons (Fsp3) is 0.125. The molecule has 0 bridgehead atoms. The molecule has 3 aromatic rings. The van der Waals surface area contributed by atoms with Gasteiger partial charge in [-0.2, -0.15) is 0 Å². The minimum atomic E-state index is -1.18. The Labute approximate surface area is 217 Å². The maximum Gasteiger partial charge on any atom is 0.357 e. The quantitative estimate of drug-likeness (QED) is 0.253. The molecule has 4 rings (SSSR count). The van der Waals surface area contributed by atoms with Gasteiger partial charge in [0.2, 0.25) is 5.91 Å². The molecule has 1 atom stereocenters. The summed E-state index contributed by atoms with van der Waals surface area (Å²) in [6, 6.07) is 10.8. The number of nitrogens with two attached hydrogens (primary N) is 2. The SMILES string of the molecule is CCOC(=O)c1c(N)/c(=C\c2cccc([N+](=O)[O-])c2)c2n1C(=O)C(c1cccc([N+](=O)[O-])c1)SC=2C(N)=O. The van der Waals surface area contributed by atoms with Crippen LogP contribution in [0.1, 0.15) is 38.6 Å². The van der Waals surface area contributed by atoms with Gasteiger partial charge >= 0.3 is 5.97 Å².